The Morgan fingerprint density at radius 1 is 1.20 bits per heavy atom. The zero-order valence-electron chi connectivity index (χ0n) is 13.4. The van der Waals surface area contributed by atoms with Crippen molar-refractivity contribution in [3.63, 3.8) is 0 Å². The maximum absolute atomic E-state index is 6.07. The Morgan fingerprint density at radius 3 is 2.55 bits per heavy atom. The van der Waals surface area contributed by atoms with Gasteiger partial charge >= 0.3 is 0 Å². The number of hydrogen-bond donors (Lipinski definition) is 1. The predicted molar refractivity (Wildman–Crippen MR) is 86.2 cm³/mol. The molecule has 0 aromatic heterocycles. The lowest BCUT2D eigenvalue weighted by Crippen LogP contribution is -2.33. The molecule has 2 rings (SSSR count). The van der Waals surface area contributed by atoms with E-state index in [1.807, 2.05) is 0 Å². The molecule has 1 N–H and O–H groups in total. The first kappa shape index (κ1) is 15.4. The topological polar surface area (TPSA) is 21.3 Å². The van der Waals surface area contributed by atoms with Crippen molar-refractivity contribution in [1.29, 1.82) is 0 Å². The molecule has 20 heavy (non-hydrogen) atoms. The van der Waals surface area contributed by atoms with Crippen molar-refractivity contribution in [2.75, 3.05) is 18.5 Å². The molecule has 2 atom stereocenters. The number of anilines is 1. The quantitative estimate of drug-likeness (QED) is 0.791. The first-order valence-corrected chi connectivity index (χ1v) is 7.87. The summed E-state index contributed by atoms with van der Waals surface area (Å²) < 4.78 is 6.07. The molecule has 0 spiro atoms. The van der Waals surface area contributed by atoms with E-state index in [4.69, 9.17) is 4.74 Å². The van der Waals surface area contributed by atoms with Crippen molar-refractivity contribution < 1.29 is 4.74 Å². The highest BCUT2D eigenvalue weighted by atomic mass is 16.5. The third-order valence-electron chi connectivity index (χ3n) is 4.18. The largest absolute Gasteiger partial charge is 0.383 e. The maximum atomic E-state index is 6.07. The van der Waals surface area contributed by atoms with E-state index in [2.05, 4.69) is 57.3 Å². The third kappa shape index (κ3) is 4.82. The second-order valence-electron chi connectivity index (χ2n) is 7.20. The molecule has 0 amide bonds. The number of hydrogen-bond acceptors (Lipinski definition) is 2. The molecule has 0 saturated heterocycles. The number of benzene rings is 1. The first-order chi connectivity index (χ1) is 9.44. The molecule has 112 valence electrons. The minimum atomic E-state index is 0.437. The van der Waals surface area contributed by atoms with Crippen molar-refractivity contribution in [2.24, 2.45) is 11.3 Å². The van der Waals surface area contributed by atoms with Crippen molar-refractivity contribution in [3.05, 3.63) is 29.8 Å². The standard InChI is InChI=1S/C18H29NO/c1-14-5-7-16(8-6-14)19-9-10-20-17-11-15(2)12-18(3,4)13-17/h5-8,15,17,19H,9-13H2,1-4H3. The van der Waals surface area contributed by atoms with E-state index in [1.165, 1.54) is 30.5 Å². The average Bonchev–Trinajstić information content (AvgIpc) is 2.34. The second kappa shape index (κ2) is 6.62. The predicted octanol–water partition coefficient (Wildman–Crippen LogP) is 4.64. The molecule has 1 aliphatic carbocycles. The second-order valence-corrected chi connectivity index (χ2v) is 7.20. The molecule has 0 heterocycles. The van der Waals surface area contributed by atoms with Gasteiger partial charge in [0, 0.05) is 12.2 Å². The molecular weight excluding hydrogens is 246 g/mol. The van der Waals surface area contributed by atoms with Gasteiger partial charge in [0.1, 0.15) is 0 Å². The van der Waals surface area contributed by atoms with E-state index in [9.17, 15) is 0 Å². The molecule has 1 saturated carbocycles. The first-order valence-electron chi connectivity index (χ1n) is 7.87. The van der Waals surface area contributed by atoms with Crippen LogP contribution in [0.3, 0.4) is 0 Å². The summed E-state index contributed by atoms with van der Waals surface area (Å²) in [4.78, 5) is 0. The van der Waals surface area contributed by atoms with E-state index in [0.717, 1.165) is 19.1 Å². The molecule has 2 heteroatoms. The molecular formula is C18H29NO. The molecule has 1 aliphatic rings. The lowest BCUT2D eigenvalue weighted by Gasteiger charge is -2.38. The average molecular weight is 275 g/mol. The van der Waals surface area contributed by atoms with Gasteiger partial charge in [-0.15, -0.1) is 0 Å². The number of rotatable bonds is 5. The molecule has 0 radical (unpaired) electrons. The summed E-state index contributed by atoms with van der Waals surface area (Å²) in [5.74, 6) is 0.786. The fourth-order valence-corrected chi connectivity index (χ4v) is 3.48. The van der Waals surface area contributed by atoms with Gasteiger partial charge in [0.05, 0.1) is 12.7 Å². The van der Waals surface area contributed by atoms with Crippen LogP contribution in [0.15, 0.2) is 24.3 Å². The van der Waals surface area contributed by atoms with Crippen molar-refractivity contribution in [1.82, 2.24) is 0 Å². The van der Waals surface area contributed by atoms with E-state index in [-0.39, 0.29) is 0 Å². The SMILES string of the molecule is Cc1ccc(NCCOC2CC(C)CC(C)(C)C2)cc1. The Morgan fingerprint density at radius 2 is 1.90 bits per heavy atom. The summed E-state index contributed by atoms with van der Waals surface area (Å²) in [5, 5.41) is 3.42. The lowest BCUT2D eigenvalue weighted by atomic mass is 9.71. The van der Waals surface area contributed by atoms with Gasteiger partial charge in [-0.3, -0.25) is 0 Å². The Hall–Kier alpha value is -1.02. The number of nitrogens with one attached hydrogen (secondary N) is 1. The van der Waals surface area contributed by atoms with Crippen molar-refractivity contribution in [2.45, 2.75) is 53.1 Å². The zero-order valence-corrected chi connectivity index (χ0v) is 13.4. The fourth-order valence-electron chi connectivity index (χ4n) is 3.48. The van der Waals surface area contributed by atoms with Crippen LogP contribution in [0.5, 0.6) is 0 Å². The Bertz CT molecular complexity index is 410. The van der Waals surface area contributed by atoms with Crippen molar-refractivity contribution >= 4 is 5.69 Å². The van der Waals surface area contributed by atoms with Gasteiger partial charge in [-0.1, -0.05) is 38.5 Å². The molecule has 0 bridgehead atoms. The minimum Gasteiger partial charge on any atom is -0.383 e. The highest BCUT2D eigenvalue weighted by molar-refractivity contribution is 5.44. The van der Waals surface area contributed by atoms with Gasteiger partial charge in [-0.2, -0.15) is 0 Å². The summed E-state index contributed by atoms with van der Waals surface area (Å²) in [6.07, 6.45) is 4.18. The maximum Gasteiger partial charge on any atom is 0.0642 e. The Balaban J connectivity index is 1.69. The highest BCUT2D eigenvalue weighted by Gasteiger charge is 2.32. The Kier molecular flexibility index (Phi) is 5.09. The van der Waals surface area contributed by atoms with Gasteiger partial charge in [0.15, 0.2) is 0 Å². The van der Waals surface area contributed by atoms with Crippen LogP contribution in [0.2, 0.25) is 0 Å². The summed E-state index contributed by atoms with van der Waals surface area (Å²) in [7, 11) is 0. The van der Waals surface area contributed by atoms with Crippen LogP contribution < -0.4 is 5.32 Å². The van der Waals surface area contributed by atoms with Gasteiger partial charge in [-0.05, 0) is 49.7 Å². The molecule has 1 aromatic rings. The number of aryl methyl sites for hydroxylation is 1. The summed E-state index contributed by atoms with van der Waals surface area (Å²) >= 11 is 0. The van der Waals surface area contributed by atoms with E-state index in [1.54, 1.807) is 0 Å². The fraction of sp³-hybridized carbons (Fsp3) is 0.667. The van der Waals surface area contributed by atoms with Crippen molar-refractivity contribution in [3.8, 4) is 0 Å². The number of ether oxygens (including phenoxy) is 1. The molecule has 1 fully saturated rings. The third-order valence-corrected chi connectivity index (χ3v) is 4.18. The van der Waals surface area contributed by atoms with Gasteiger partial charge in [0.2, 0.25) is 0 Å². The smallest absolute Gasteiger partial charge is 0.0642 e. The summed E-state index contributed by atoms with van der Waals surface area (Å²) in [6, 6.07) is 8.52. The van der Waals surface area contributed by atoms with Crippen LogP contribution in [0.4, 0.5) is 5.69 Å². The van der Waals surface area contributed by atoms with E-state index < -0.39 is 0 Å². The van der Waals surface area contributed by atoms with Crippen LogP contribution in [0.25, 0.3) is 0 Å². The van der Waals surface area contributed by atoms with Crippen LogP contribution in [0.1, 0.15) is 45.6 Å². The van der Waals surface area contributed by atoms with Crippen LogP contribution in [-0.2, 0) is 4.74 Å². The highest BCUT2D eigenvalue weighted by Crippen LogP contribution is 2.39. The van der Waals surface area contributed by atoms with E-state index in [0.29, 0.717) is 11.5 Å². The van der Waals surface area contributed by atoms with Gasteiger partial charge in [-0.25, -0.2) is 0 Å². The Labute approximate surface area is 123 Å². The molecule has 1 aromatic carbocycles. The van der Waals surface area contributed by atoms with Crippen LogP contribution in [0, 0.1) is 18.3 Å². The lowest BCUT2D eigenvalue weighted by molar-refractivity contribution is -0.0185. The van der Waals surface area contributed by atoms with Crippen LogP contribution in [-0.4, -0.2) is 19.3 Å². The normalized spacial score (nSPS) is 25.4. The van der Waals surface area contributed by atoms with Gasteiger partial charge < -0.3 is 10.1 Å². The molecule has 2 nitrogen and oxygen atoms in total. The molecule has 0 aliphatic heterocycles. The minimum absolute atomic E-state index is 0.437. The zero-order chi connectivity index (χ0) is 14.6. The monoisotopic (exact) mass is 275 g/mol. The summed E-state index contributed by atoms with van der Waals surface area (Å²) in [6.45, 7) is 10.9. The van der Waals surface area contributed by atoms with Crippen LogP contribution >= 0.6 is 0 Å². The summed E-state index contributed by atoms with van der Waals surface area (Å²) in [5.41, 5.74) is 2.91. The molecule has 2 unspecified atom stereocenters. The van der Waals surface area contributed by atoms with E-state index >= 15 is 0 Å². The van der Waals surface area contributed by atoms with Gasteiger partial charge in [0.25, 0.3) is 0 Å².